The highest BCUT2D eigenvalue weighted by Crippen LogP contribution is 2.50. The number of amides is 4. The fraction of sp³-hybridized carbons (Fsp3) is 0.838. The molecule has 0 spiro atoms. The van der Waals surface area contributed by atoms with Crippen molar-refractivity contribution in [3.8, 4) is 0 Å². The van der Waals surface area contributed by atoms with Crippen molar-refractivity contribution in [1.82, 2.24) is 18.9 Å². The van der Waals surface area contributed by atoms with Crippen molar-refractivity contribution in [2.24, 2.45) is 53.3 Å². The summed E-state index contributed by atoms with van der Waals surface area (Å²) in [7, 11) is 0. The summed E-state index contributed by atoms with van der Waals surface area (Å²) in [4.78, 5) is 112. The van der Waals surface area contributed by atoms with Gasteiger partial charge >= 0.3 is 0 Å². The second-order valence-electron chi connectivity index (χ2n) is 41.3. The number of benzene rings is 1. The number of unbranched alkanes of at least 4 members (excludes halogenated alkanes) is 42. The number of rotatable bonds is 76. The van der Waals surface area contributed by atoms with Gasteiger partial charge in [0.25, 0.3) is 45.9 Å². The second-order valence-corrected chi connectivity index (χ2v) is 41.3. The van der Waals surface area contributed by atoms with Gasteiger partial charge in [0.2, 0.25) is 0 Å². The first-order valence-electron chi connectivity index (χ1n) is 54.0. The molecule has 0 radical (unpaired) electrons. The van der Waals surface area contributed by atoms with E-state index in [-0.39, 0.29) is 72.9 Å². The van der Waals surface area contributed by atoms with Gasteiger partial charge < -0.3 is 0 Å². The molecule has 4 heterocycles. The monoisotopic (exact) mass is 1710 g/mol. The first kappa shape index (κ1) is 105. The van der Waals surface area contributed by atoms with Gasteiger partial charge in [-0.1, -0.05) is 415 Å². The molecule has 11 atom stereocenters. The molecule has 0 N–H and O–H groups in total. The van der Waals surface area contributed by atoms with Crippen LogP contribution < -0.4 is 22.2 Å². The summed E-state index contributed by atoms with van der Waals surface area (Å²) < 4.78 is 2.96. The third-order valence-electron chi connectivity index (χ3n) is 32.0. The Hall–Kier alpha value is -4.74. The topological polar surface area (TPSA) is 153 Å². The Morgan fingerprint density at radius 1 is 0.301 bits per heavy atom. The molecule has 12 heteroatoms. The van der Waals surface area contributed by atoms with E-state index in [1.807, 2.05) is 0 Å². The smallest absolute Gasteiger partial charge is 0.262 e. The number of hydrogen-bond donors (Lipinski definition) is 0. The molecule has 0 bridgehead atoms. The van der Waals surface area contributed by atoms with Gasteiger partial charge in [0.05, 0.1) is 27.1 Å². The predicted molar refractivity (Wildman–Crippen MR) is 523 cm³/mol. The fourth-order valence-corrected chi connectivity index (χ4v) is 24.1. The quantitative estimate of drug-likeness (QED) is 0.0400. The number of aromatic nitrogens is 2. The van der Waals surface area contributed by atoms with Gasteiger partial charge in [0.1, 0.15) is 0 Å². The number of hydrogen-bond acceptors (Lipinski definition) is 8. The minimum absolute atomic E-state index is 0.117. The Morgan fingerprint density at radius 3 is 0.902 bits per heavy atom. The van der Waals surface area contributed by atoms with E-state index in [1.165, 1.54) is 361 Å². The van der Waals surface area contributed by atoms with Crippen molar-refractivity contribution in [1.29, 1.82) is 0 Å². The predicted octanol–water partition coefficient (Wildman–Crippen LogP) is 30.6. The van der Waals surface area contributed by atoms with Crippen LogP contribution in [-0.4, -0.2) is 54.6 Å². The maximum atomic E-state index is 14.9. The molecule has 12 nitrogen and oxygen atoms in total. The molecule has 700 valence electrons. The third kappa shape index (κ3) is 34.9. The van der Waals surface area contributed by atoms with Crippen LogP contribution in [0.15, 0.2) is 55.6 Å². The zero-order valence-electron chi connectivity index (χ0n) is 81.3. The summed E-state index contributed by atoms with van der Waals surface area (Å²) in [5.41, 5.74) is -2.32. The molecule has 2 aromatic heterocycles. The Morgan fingerprint density at radius 2 is 0.569 bits per heavy atom. The van der Waals surface area contributed by atoms with Gasteiger partial charge in [-0.2, -0.15) is 0 Å². The van der Waals surface area contributed by atoms with Crippen molar-refractivity contribution in [2.75, 3.05) is 6.54 Å². The molecule has 123 heavy (non-hydrogen) atoms. The van der Waals surface area contributed by atoms with Crippen molar-refractivity contribution < 1.29 is 19.2 Å². The van der Waals surface area contributed by atoms with Crippen LogP contribution in [0.3, 0.4) is 0 Å². The lowest BCUT2D eigenvalue weighted by atomic mass is 9.61. The van der Waals surface area contributed by atoms with E-state index in [2.05, 4.69) is 62.3 Å². The lowest BCUT2D eigenvalue weighted by Gasteiger charge is -2.44. The van der Waals surface area contributed by atoms with E-state index in [9.17, 15) is 38.4 Å². The van der Waals surface area contributed by atoms with E-state index in [0.29, 0.717) is 19.0 Å². The molecule has 4 aliphatic rings. The number of nitrogens with zero attached hydrogens (tertiary/aromatic N) is 4. The molecular weight excluding hydrogens is 1520 g/mol. The molecule has 11 unspecified atom stereocenters. The lowest BCUT2D eigenvalue weighted by Crippen LogP contribution is -2.51. The largest absolute Gasteiger partial charge is 0.275 e. The molecule has 3 aromatic rings. The summed E-state index contributed by atoms with van der Waals surface area (Å²) in [5, 5.41) is 1.10. The average molecular weight is 1710 g/mol. The molecule has 2 saturated carbocycles. The van der Waals surface area contributed by atoms with Crippen LogP contribution in [-0.2, 0) is 31.3 Å². The SMILES string of the molecule is CCCCCCCCC1C(CCCCCC)CCC(CCCCCCCCC(C)(CCCCCC(C)CC)n2c(=O)c3cc4c(=O)n(CCCCCCCCC5C(CCCCCCCCC(CC)(CCCCCCC)N6C(=O)C=CC6=O)CCC(CCCCCC)C5CCCCCCCC)c(=O)c4cc3c2=O)C1CCCCCCCCN1C(=O)C=CC1=O. The zero-order valence-corrected chi connectivity index (χ0v) is 81.3. The van der Waals surface area contributed by atoms with Crippen LogP contribution >= 0.6 is 0 Å². The van der Waals surface area contributed by atoms with Gasteiger partial charge in [-0.05, 0) is 169 Å². The lowest BCUT2D eigenvalue weighted by molar-refractivity contribution is -0.145. The van der Waals surface area contributed by atoms with Crippen LogP contribution in [0.2, 0.25) is 0 Å². The number of imide groups is 2. The molecule has 0 saturated heterocycles. The van der Waals surface area contributed by atoms with E-state index < -0.39 is 5.54 Å². The highest BCUT2D eigenvalue weighted by molar-refractivity contribution is 6.14. The molecule has 2 aliphatic heterocycles. The highest BCUT2D eigenvalue weighted by atomic mass is 16.2. The fourth-order valence-electron chi connectivity index (χ4n) is 24.1. The zero-order chi connectivity index (χ0) is 88.3. The van der Waals surface area contributed by atoms with Crippen molar-refractivity contribution in [3.63, 3.8) is 0 Å². The Bertz CT molecular complexity index is 3570. The first-order chi connectivity index (χ1) is 60.0. The van der Waals surface area contributed by atoms with Gasteiger partial charge in [0, 0.05) is 42.9 Å². The molecule has 4 amide bonds. The van der Waals surface area contributed by atoms with Crippen LogP contribution in [0.5, 0.6) is 0 Å². The standard InChI is InChI=1S/C111H188N4O8/c1-10-17-22-27-39-54-69-94-90(65-50-25-20-13-4)73-75-92(96(94)71-56-41-31-35-46-62-85-112-102(116)77-78-103(112)117)67-52-37-29-33-44-58-81-110(9,82-59-48-49-64-89(8)15-6)115-108(122)100-87-98-99(88-101(100)109(115)123)107(121)113(106(98)120)86-63-47-36-32-42-57-72-97-93(76-74-91(66-51-26-21-14-5)95(97)70-55-40-28-23-18-11-2)68-53-38-30-34-45-61-84-111(16-7,83-60-43-24-19-12-3)114-104(118)79-80-105(114)119/h77-80,87-97H,10-76,81-86H2,1-9H3. The van der Waals surface area contributed by atoms with Crippen LogP contribution in [0.25, 0.3) is 21.5 Å². The minimum atomic E-state index is -0.676. The summed E-state index contributed by atoms with van der Waals surface area (Å²) >= 11 is 0. The first-order valence-corrected chi connectivity index (χ1v) is 54.0. The van der Waals surface area contributed by atoms with Crippen LogP contribution in [0, 0.1) is 53.3 Å². The van der Waals surface area contributed by atoms with Gasteiger partial charge in [-0.15, -0.1) is 0 Å². The summed E-state index contributed by atoms with van der Waals surface area (Å²) in [6, 6.07) is 3.22. The Labute approximate surface area is 752 Å². The number of carbonyl (C=O) groups excluding carboxylic acids is 4. The van der Waals surface area contributed by atoms with Gasteiger partial charge in [-0.3, -0.25) is 57.3 Å². The maximum Gasteiger partial charge on any atom is 0.262 e. The molecule has 1 aromatic carbocycles. The number of carbonyl (C=O) groups is 4. The van der Waals surface area contributed by atoms with Gasteiger partial charge in [0.15, 0.2) is 0 Å². The van der Waals surface area contributed by atoms with E-state index in [4.69, 9.17) is 0 Å². The maximum absolute atomic E-state index is 14.9. The second kappa shape index (κ2) is 60.9. The highest BCUT2D eigenvalue weighted by Gasteiger charge is 2.44. The Balaban J connectivity index is 0.922. The molecule has 2 aliphatic carbocycles. The van der Waals surface area contributed by atoms with Crippen molar-refractivity contribution >= 4 is 45.2 Å². The van der Waals surface area contributed by atoms with Crippen LogP contribution in [0.4, 0.5) is 0 Å². The minimum Gasteiger partial charge on any atom is -0.275 e. The third-order valence-corrected chi connectivity index (χ3v) is 32.0. The van der Waals surface area contributed by atoms with Crippen LogP contribution in [0.1, 0.15) is 518 Å². The van der Waals surface area contributed by atoms with Crippen molar-refractivity contribution in [2.45, 2.75) is 536 Å². The number of fused-ring (bicyclic) bond motifs is 2. The summed E-state index contributed by atoms with van der Waals surface area (Å²) in [6.45, 7) is 21.4. The normalized spacial score (nSPS) is 20.8. The molecule has 2 fully saturated rings. The van der Waals surface area contributed by atoms with Gasteiger partial charge in [-0.25, -0.2) is 0 Å². The Kier molecular flexibility index (Phi) is 52.2. The van der Waals surface area contributed by atoms with E-state index in [1.54, 1.807) is 21.6 Å². The van der Waals surface area contributed by atoms with E-state index >= 15 is 0 Å². The van der Waals surface area contributed by atoms with E-state index in [0.717, 1.165) is 176 Å². The summed E-state index contributed by atoms with van der Waals surface area (Å²) in [6.07, 6.45) is 92.8. The van der Waals surface area contributed by atoms with Crippen molar-refractivity contribution in [3.05, 3.63) is 77.9 Å². The molecular formula is C111H188N4O8. The summed E-state index contributed by atoms with van der Waals surface area (Å²) in [5.74, 6) is 6.82. The average Bonchev–Trinajstić information content (AvgIpc) is 1.57. The molecule has 7 rings (SSSR count).